The van der Waals surface area contributed by atoms with Gasteiger partial charge in [0.2, 0.25) is 0 Å². The van der Waals surface area contributed by atoms with Crippen molar-refractivity contribution in [3.8, 4) is 0 Å². The summed E-state index contributed by atoms with van der Waals surface area (Å²) in [5.74, 6) is 0. The van der Waals surface area contributed by atoms with Crippen molar-refractivity contribution in [2.45, 2.75) is 38.3 Å². The fourth-order valence-corrected chi connectivity index (χ4v) is 2.28. The molecule has 0 radical (unpaired) electrons. The lowest BCUT2D eigenvalue weighted by Gasteiger charge is -2.41. The smallest absolute Gasteiger partial charge is 0.423 e. The minimum atomic E-state index is -0.254. The molecule has 1 rings (SSSR count). The molecule has 1 aliphatic rings. The average molecular weight is 202 g/mol. The number of nitrogens with zero attached hydrogens (tertiary/aromatic N) is 1. The van der Waals surface area contributed by atoms with Crippen LogP contribution in [0.25, 0.3) is 0 Å². The first-order valence-corrected chi connectivity index (χ1v) is 5.16. The van der Waals surface area contributed by atoms with Crippen molar-refractivity contribution in [3.63, 3.8) is 0 Å². The number of hydrogen-bond acceptors (Lipinski definition) is 3. The molecule has 3 atom stereocenters. The van der Waals surface area contributed by atoms with Gasteiger partial charge in [-0.2, -0.15) is 4.79 Å². The largest absolute Gasteiger partial charge is 0.515 e. The Morgan fingerprint density at radius 2 is 2.29 bits per heavy atom. The molecule has 1 N–H and O–H groups in total. The van der Waals surface area contributed by atoms with Gasteiger partial charge in [-0.3, -0.25) is 0 Å². The van der Waals surface area contributed by atoms with Gasteiger partial charge in [0.15, 0.2) is 0 Å². The molecular formula is C10H20NO3+. The summed E-state index contributed by atoms with van der Waals surface area (Å²) >= 11 is 0. The summed E-state index contributed by atoms with van der Waals surface area (Å²) in [5.41, 5.74) is 0. The second-order valence-corrected chi connectivity index (χ2v) is 4.20. The van der Waals surface area contributed by atoms with Gasteiger partial charge < -0.3 is 9.84 Å². The lowest BCUT2D eigenvalue weighted by Crippen LogP contribution is -2.60. The van der Waals surface area contributed by atoms with Gasteiger partial charge in [-0.1, -0.05) is 6.92 Å². The van der Waals surface area contributed by atoms with Crippen LogP contribution in [-0.4, -0.2) is 48.5 Å². The number of carbonyl (C=O) groups is 1. The third-order valence-corrected chi connectivity index (χ3v) is 3.34. The van der Waals surface area contributed by atoms with E-state index in [4.69, 9.17) is 4.74 Å². The van der Waals surface area contributed by atoms with Crippen molar-refractivity contribution in [2.75, 3.05) is 20.7 Å². The first-order chi connectivity index (χ1) is 6.54. The molecule has 0 aliphatic carbocycles. The SMILES string of the molecule is CCC1CC(O)CC[N+]1(C)C(=O)OC. The molecule has 0 saturated carbocycles. The summed E-state index contributed by atoms with van der Waals surface area (Å²) in [6.07, 6.45) is 1.83. The molecule has 4 nitrogen and oxygen atoms in total. The number of carbonyl (C=O) groups excluding carboxylic acids is 1. The van der Waals surface area contributed by atoms with Crippen LogP contribution in [0.2, 0.25) is 0 Å². The van der Waals surface area contributed by atoms with Gasteiger partial charge in [0, 0.05) is 12.8 Å². The lowest BCUT2D eigenvalue weighted by molar-refractivity contribution is -0.870. The van der Waals surface area contributed by atoms with Crippen molar-refractivity contribution in [2.24, 2.45) is 0 Å². The third kappa shape index (κ3) is 1.91. The van der Waals surface area contributed by atoms with E-state index in [1.54, 1.807) is 0 Å². The highest BCUT2D eigenvalue weighted by atomic mass is 16.5. The third-order valence-electron chi connectivity index (χ3n) is 3.34. The summed E-state index contributed by atoms with van der Waals surface area (Å²) in [6.45, 7) is 2.72. The van der Waals surface area contributed by atoms with Crippen LogP contribution in [0, 0.1) is 0 Å². The Bertz CT molecular complexity index is 219. The number of hydrogen-bond donors (Lipinski definition) is 1. The Hall–Kier alpha value is -0.610. The Labute approximate surface area is 85.1 Å². The molecule has 0 aromatic rings. The Balaban J connectivity index is 2.79. The fraction of sp³-hybridized carbons (Fsp3) is 0.900. The van der Waals surface area contributed by atoms with Crippen LogP contribution in [0.5, 0.6) is 0 Å². The Morgan fingerprint density at radius 3 is 2.79 bits per heavy atom. The zero-order valence-electron chi connectivity index (χ0n) is 9.19. The predicted octanol–water partition coefficient (Wildman–Crippen LogP) is 1.13. The minimum absolute atomic E-state index is 0.186. The highest BCUT2D eigenvalue weighted by molar-refractivity contribution is 5.59. The number of likely N-dealkylation sites (tertiary alicyclic amines) is 1. The van der Waals surface area contributed by atoms with E-state index < -0.39 is 0 Å². The maximum Gasteiger partial charge on any atom is 0.515 e. The number of methoxy groups -OCH3 is 1. The quantitative estimate of drug-likeness (QED) is 0.648. The van der Waals surface area contributed by atoms with Crippen molar-refractivity contribution < 1.29 is 19.1 Å². The molecule has 1 heterocycles. The number of quaternary nitrogens is 1. The van der Waals surface area contributed by atoms with Gasteiger partial charge >= 0.3 is 6.09 Å². The van der Waals surface area contributed by atoms with Crippen molar-refractivity contribution in [1.29, 1.82) is 0 Å². The number of aliphatic hydroxyl groups is 1. The maximum absolute atomic E-state index is 11.6. The number of aliphatic hydroxyl groups excluding tert-OH is 1. The second-order valence-electron chi connectivity index (χ2n) is 4.20. The minimum Gasteiger partial charge on any atom is -0.423 e. The first-order valence-electron chi connectivity index (χ1n) is 5.16. The normalized spacial score (nSPS) is 38.0. The molecule has 14 heavy (non-hydrogen) atoms. The zero-order chi connectivity index (χ0) is 10.8. The van der Waals surface area contributed by atoms with E-state index >= 15 is 0 Å². The van der Waals surface area contributed by atoms with Crippen LogP contribution in [0.4, 0.5) is 4.79 Å². The monoisotopic (exact) mass is 202 g/mol. The zero-order valence-corrected chi connectivity index (χ0v) is 9.19. The molecule has 0 bridgehead atoms. The van der Waals surface area contributed by atoms with Crippen LogP contribution in [0.15, 0.2) is 0 Å². The van der Waals surface area contributed by atoms with Crippen LogP contribution in [-0.2, 0) is 4.74 Å². The first kappa shape index (κ1) is 11.5. The fourth-order valence-electron chi connectivity index (χ4n) is 2.28. The van der Waals surface area contributed by atoms with Gasteiger partial charge in [0.1, 0.15) is 6.04 Å². The second kappa shape index (κ2) is 4.28. The molecule has 1 aliphatic heterocycles. The van der Waals surface area contributed by atoms with E-state index in [9.17, 15) is 9.90 Å². The number of amides is 1. The van der Waals surface area contributed by atoms with Crippen LogP contribution in [0.3, 0.4) is 0 Å². The highest BCUT2D eigenvalue weighted by Crippen LogP contribution is 2.27. The van der Waals surface area contributed by atoms with Crippen molar-refractivity contribution in [1.82, 2.24) is 0 Å². The predicted molar refractivity (Wildman–Crippen MR) is 52.8 cm³/mol. The molecule has 3 unspecified atom stereocenters. The van der Waals surface area contributed by atoms with Crippen molar-refractivity contribution in [3.05, 3.63) is 0 Å². The van der Waals surface area contributed by atoms with Gasteiger partial charge in [0.05, 0.1) is 26.8 Å². The summed E-state index contributed by atoms with van der Waals surface area (Å²) in [4.78, 5) is 11.6. The van der Waals surface area contributed by atoms with Gasteiger partial charge in [0.25, 0.3) is 0 Å². The van der Waals surface area contributed by atoms with E-state index in [-0.39, 0.29) is 18.2 Å². The maximum atomic E-state index is 11.6. The number of ether oxygens (including phenoxy) is 1. The summed E-state index contributed by atoms with van der Waals surface area (Å²) in [6, 6.07) is 0.186. The molecule has 0 spiro atoms. The number of rotatable bonds is 1. The molecule has 1 amide bonds. The van der Waals surface area contributed by atoms with E-state index in [2.05, 4.69) is 0 Å². The summed E-state index contributed by atoms with van der Waals surface area (Å²) < 4.78 is 5.12. The Morgan fingerprint density at radius 1 is 1.64 bits per heavy atom. The molecule has 0 aromatic heterocycles. The average Bonchev–Trinajstić information content (AvgIpc) is 2.20. The standard InChI is InChI=1S/C10H20NO3/c1-4-8-7-9(12)5-6-11(8,2)10(13)14-3/h8-9,12H,4-7H2,1-3H3/q+1. The molecule has 4 heteroatoms. The van der Waals surface area contributed by atoms with E-state index in [0.717, 1.165) is 6.42 Å². The van der Waals surface area contributed by atoms with Gasteiger partial charge in [-0.25, -0.2) is 4.48 Å². The summed E-state index contributed by atoms with van der Waals surface area (Å²) in [5, 5.41) is 9.54. The molecule has 1 saturated heterocycles. The van der Waals surface area contributed by atoms with Gasteiger partial charge in [-0.05, 0) is 6.42 Å². The summed E-state index contributed by atoms with van der Waals surface area (Å²) in [7, 11) is 3.31. The van der Waals surface area contributed by atoms with Crippen LogP contribution < -0.4 is 0 Å². The van der Waals surface area contributed by atoms with Crippen LogP contribution >= 0.6 is 0 Å². The van der Waals surface area contributed by atoms with E-state index in [1.165, 1.54) is 7.11 Å². The Kier molecular flexibility index (Phi) is 3.50. The van der Waals surface area contributed by atoms with Crippen LogP contribution in [0.1, 0.15) is 26.2 Å². The molecule has 0 aromatic carbocycles. The molecule has 1 fully saturated rings. The van der Waals surface area contributed by atoms with Gasteiger partial charge in [-0.15, -0.1) is 0 Å². The highest BCUT2D eigenvalue weighted by Gasteiger charge is 2.44. The number of piperidine rings is 1. The topological polar surface area (TPSA) is 46.5 Å². The van der Waals surface area contributed by atoms with Crippen molar-refractivity contribution >= 4 is 6.09 Å². The molecule has 82 valence electrons. The molecular weight excluding hydrogens is 182 g/mol. The van der Waals surface area contributed by atoms with E-state index in [1.807, 2.05) is 14.0 Å². The van der Waals surface area contributed by atoms with E-state index in [0.29, 0.717) is 23.9 Å². The lowest BCUT2D eigenvalue weighted by atomic mass is 9.95.